The molecule has 1 aliphatic heterocycles. The van der Waals surface area contributed by atoms with Gasteiger partial charge in [0.25, 0.3) is 0 Å². The summed E-state index contributed by atoms with van der Waals surface area (Å²) in [4.78, 5) is 12.1. The van der Waals surface area contributed by atoms with E-state index < -0.39 is 9.84 Å². The summed E-state index contributed by atoms with van der Waals surface area (Å²) < 4.78 is 33.4. The van der Waals surface area contributed by atoms with Crippen LogP contribution in [0.4, 0.5) is 0 Å². The Bertz CT molecular complexity index is 690. The summed E-state index contributed by atoms with van der Waals surface area (Å²) in [6, 6.07) is 5.19. The second-order valence-corrected chi connectivity index (χ2v) is 9.25. The summed E-state index contributed by atoms with van der Waals surface area (Å²) >= 11 is 1.40. The highest BCUT2D eigenvalue weighted by Gasteiger charge is 2.28. The van der Waals surface area contributed by atoms with Gasteiger partial charge < -0.3 is 14.8 Å². The van der Waals surface area contributed by atoms with Crippen molar-refractivity contribution in [3.05, 3.63) is 23.8 Å². The molecule has 0 bridgehead atoms. The molecular weight excluding hydrogens is 350 g/mol. The monoisotopic (exact) mass is 373 g/mol. The topological polar surface area (TPSA) is 81.7 Å². The molecule has 1 heterocycles. The quantitative estimate of drug-likeness (QED) is 0.785. The van der Waals surface area contributed by atoms with E-state index in [0.717, 1.165) is 5.56 Å². The van der Waals surface area contributed by atoms with Crippen molar-refractivity contribution in [3.63, 3.8) is 0 Å². The number of thioether (sulfide) groups is 1. The van der Waals surface area contributed by atoms with E-state index in [1.165, 1.54) is 11.8 Å². The van der Waals surface area contributed by atoms with Crippen LogP contribution in [-0.2, 0) is 14.6 Å². The van der Waals surface area contributed by atoms with Gasteiger partial charge in [-0.05, 0) is 31.5 Å². The standard InChI is InChI=1S/C16H23NO5S2/c1-11(14-8-12(21-2)4-5-15(14)22-3)17-16(18)9-23-13-6-7-24(19,20)10-13/h4-5,8,11,13H,6-7,9-10H2,1-3H3,(H,17,18)/t11-,13-/m1/s1. The largest absolute Gasteiger partial charge is 0.497 e. The van der Waals surface area contributed by atoms with Crippen LogP contribution in [0.15, 0.2) is 18.2 Å². The van der Waals surface area contributed by atoms with Crippen LogP contribution in [0, 0.1) is 0 Å². The summed E-state index contributed by atoms with van der Waals surface area (Å²) in [7, 11) is 0.255. The van der Waals surface area contributed by atoms with E-state index in [1.54, 1.807) is 26.4 Å². The van der Waals surface area contributed by atoms with Crippen LogP contribution in [0.5, 0.6) is 11.5 Å². The van der Waals surface area contributed by atoms with E-state index in [9.17, 15) is 13.2 Å². The highest BCUT2D eigenvalue weighted by Crippen LogP contribution is 2.29. The lowest BCUT2D eigenvalue weighted by molar-refractivity contribution is -0.119. The van der Waals surface area contributed by atoms with Crippen LogP contribution in [0.25, 0.3) is 0 Å². The number of amides is 1. The fourth-order valence-electron chi connectivity index (χ4n) is 2.62. The molecule has 1 amide bonds. The average Bonchev–Trinajstić information content (AvgIpc) is 2.91. The Kier molecular flexibility index (Phi) is 6.40. The second-order valence-electron chi connectivity index (χ2n) is 5.73. The van der Waals surface area contributed by atoms with Gasteiger partial charge in [0.05, 0.1) is 37.5 Å². The first-order chi connectivity index (χ1) is 11.3. The van der Waals surface area contributed by atoms with Crippen molar-refractivity contribution in [1.29, 1.82) is 0 Å². The summed E-state index contributed by atoms with van der Waals surface area (Å²) in [6.07, 6.45) is 0.625. The van der Waals surface area contributed by atoms with Gasteiger partial charge in [-0.3, -0.25) is 4.79 Å². The van der Waals surface area contributed by atoms with Gasteiger partial charge in [0.1, 0.15) is 11.5 Å². The molecule has 0 saturated carbocycles. The zero-order valence-corrected chi connectivity index (χ0v) is 15.7. The molecule has 2 rings (SSSR count). The molecule has 0 radical (unpaired) electrons. The Labute approximate surface area is 147 Å². The Hall–Kier alpha value is -1.41. The summed E-state index contributed by atoms with van der Waals surface area (Å²) in [6.45, 7) is 1.87. The lowest BCUT2D eigenvalue weighted by Crippen LogP contribution is -2.29. The molecule has 0 spiro atoms. The molecule has 1 fully saturated rings. The maximum atomic E-state index is 12.1. The number of carbonyl (C=O) groups is 1. The van der Waals surface area contributed by atoms with Crippen molar-refractivity contribution < 1.29 is 22.7 Å². The highest BCUT2D eigenvalue weighted by atomic mass is 32.2. The average molecular weight is 373 g/mol. The third-order valence-electron chi connectivity index (χ3n) is 3.92. The molecule has 0 aromatic heterocycles. The zero-order chi connectivity index (χ0) is 17.7. The van der Waals surface area contributed by atoms with Crippen molar-refractivity contribution >= 4 is 27.5 Å². The van der Waals surface area contributed by atoms with E-state index in [0.29, 0.717) is 17.9 Å². The summed E-state index contributed by atoms with van der Waals surface area (Å²) in [5, 5.41) is 2.94. The lowest BCUT2D eigenvalue weighted by Gasteiger charge is -2.18. The minimum atomic E-state index is -2.91. The minimum absolute atomic E-state index is 0.0161. The van der Waals surface area contributed by atoms with Gasteiger partial charge in [-0.25, -0.2) is 8.42 Å². The number of methoxy groups -OCH3 is 2. The zero-order valence-electron chi connectivity index (χ0n) is 14.1. The van der Waals surface area contributed by atoms with Gasteiger partial charge in [0.15, 0.2) is 9.84 Å². The molecule has 8 heteroatoms. The van der Waals surface area contributed by atoms with Gasteiger partial charge in [-0.1, -0.05) is 0 Å². The van der Waals surface area contributed by atoms with Crippen LogP contribution in [0.3, 0.4) is 0 Å². The first-order valence-corrected chi connectivity index (χ1v) is 10.5. The minimum Gasteiger partial charge on any atom is -0.497 e. The molecule has 1 aromatic rings. The molecule has 6 nitrogen and oxygen atoms in total. The first-order valence-electron chi connectivity index (χ1n) is 7.68. The van der Waals surface area contributed by atoms with Crippen LogP contribution < -0.4 is 14.8 Å². The van der Waals surface area contributed by atoms with E-state index >= 15 is 0 Å². The van der Waals surface area contributed by atoms with Crippen molar-refractivity contribution in [3.8, 4) is 11.5 Å². The van der Waals surface area contributed by atoms with Crippen LogP contribution in [0.1, 0.15) is 24.9 Å². The number of hydrogen-bond donors (Lipinski definition) is 1. The number of carbonyl (C=O) groups excluding carboxylic acids is 1. The van der Waals surface area contributed by atoms with Gasteiger partial charge in [-0.2, -0.15) is 0 Å². The number of hydrogen-bond acceptors (Lipinski definition) is 6. The van der Waals surface area contributed by atoms with E-state index in [1.807, 2.05) is 13.0 Å². The highest BCUT2D eigenvalue weighted by molar-refractivity contribution is 8.02. The molecule has 1 aliphatic rings. The smallest absolute Gasteiger partial charge is 0.230 e. The predicted octanol–water partition coefficient (Wildman–Crippen LogP) is 1.80. The first kappa shape index (κ1) is 18.9. The van der Waals surface area contributed by atoms with Gasteiger partial charge in [0, 0.05) is 10.8 Å². The Balaban J connectivity index is 1.92. The summed E-state index contributed by atoms with van der Waals surface area (Å²) in [5.41, 5.74) is 0.832. The Morgan fingerprint density at radius 1 is 1.38 bits per heavy atom. The fraction of sp³-hybridized carbons (Fsp3) is 0.562. The second kappa shape index (κ2) is 8.11. The van der Waals surface area contributed by atoms with Gasteiger partial charge in [-0.15, -0.1) is 11.8 Å². The molecule has 0 unspecified atom stereocenters. The number of nitrogens with one attached hydrogen (secondary N) is 1. The van der Waals surface area contributed by atoms with E-state index in [4.69, 9.17) is 9.47 Å². The normalized spacial score (nSPS) is 20.4. The third kappa shape index (κ3) is 5.04. The fourth-order valence-corrected chi connectivity index (χ4v) is 6.08. The van der Waals surface area contributed by atoms with Crippen molar-refractivity contribution in [2.45, 2.75) is 24.6 Å². The molecule has 2 atom stereocenters. The summed E-state index contributed by atoms with van der Waals surface area (Å²) in [5.74, 6) is 1.89. The molecule has 1 aromatic carbocycles. The van der Waals surface area contributed by atoms with Crippen LogP contribution in [0.2, 0.25) is 0 Å². The SMILES string of the molecule is COc1ccc(OC)c([C@@H](C)NC(=O)CS[C@@H]2CCS(=O)(=O)C2)c1. The number of sulfone groups is 1. The lowest BCUT2D eigenvalue weighted by atomic mass is 10.1. The van der Waals surface area contributed by atoms with Gasteiger partial charge in [0.2, 0.25) is 5.91 Å². The van der Waals surface area contributed by atoms with E-state index in [-0.39, 0.29) is 34.5 Å². The van der Waals surface area contributed by atoms with Crippen molar-refractivity contribution in [2.75, 3.05) is 31.5 Å². The molecule has 1 saturated heterocycles. The number of benzene rings is 1. The van der Waals surface area contributed by atoms with Crippen molar-refractivity contribution in [1.82, 2.24) is 5.32 Å². The number of ether oxygens (including phenoxy) is 2. The third-order valence-corrected chi connectivity index (χ3v) is 7.20. The maximum absolute atomic E-state index is 12.1. The molecular formula is C16H23NO5S2. The van der Waals surface area contributed by atoms with Crippen molar-refractivity contribution in [2.24, 2.45) is 0 Å². The maximum Gasteiger partial charge on any atom is 0.230 e. The number of rotatable bonds is 7. The van der Waals surface area contributed by atoms with Gasteiger partial charge >= 0.3 is 0 Å². The van der Waals surface area contributed by atoms with Crippen LogP contribution >= 0.6 is 11.8 Å². The molecule has 134 valence electrons. The molecule has 24 heavy (non-hydrogen) atoms. The predicted molar refractivity (Wildman–Crippen MR) is 95.6 cm³/mol. The van der Waals surface area contributed by atoms with Crippen LogP contribution in [-0.4, -0.2) is 51.1 Å². The molecule has 1 N–H and O–H groups in total. The Morgan fingerprint density at radius 2 is 2.12 bits per heavy atom. The van der Waals surface area contributed by atoms with E-state index in [2.05, 4.69) is 5.32 Å². The Morgan fingerprint density at radius 3 is 2.71 bits per heavy atom. The molecule has 0 aliphatic carbocycles.